The summed E-state index contributed by atoms with van der Waals surface area (Å²) in [6.45, 7) is 7.49. The Morgan fingerprint density at radius 3 is 2.12 bits per heavy atom. The van der Waals surface area contributed by atoms with Gasteiger partial charge in [-0.2, -0.15) is 0 Å². The minimum Gasteiger partial charge on any atom is -0.374 e. The highest BCUT2D eigenvalue weighted by Gasteiger charge is 2.40. The van der Waals surface area contributed by atoms with Crippen LogP contribution in [0.4, 0.5) is 0 Å². The minimum atomic E-state index is 0.0471. The normalized spacial score (nSPS) is 20.5. The number of hydrogen-bond acceptors (Lipinski definition) is 2. The fourth-order valence-corrected chi connectivity index (χ4v) is 3.67. The van der Waals surface area contributed by atoms with Crippen LogP contribution in [-0.4, -0.2) is 25.3 Å². The Kier molecular flexibility index (Phi) is 6.50. The van der Waals surface area contributed by atoms with Gasteiger partial charge in [-0.3, -0.25) is 0 Å². The van der Waals surface area contributed by atoms with Crippen molar-refractivity contribution in [2.75, 3.05) is 13.7 Å². The first-order valence-corrected chi connectivity index (χ1v) is 7.55. The Labute approximate surface area is 108 Å². The lowest BCUT2D eigenvalue weighted by atomic mass is 9.74. The molecule has 0 amide bonds. The van der Waals surface area contributed by atoms with E-state index in [0.29, 0.717) is 6.04 Å². The molecule has 0 aromatic heterocycles. The Hall–Kier alpha value is -0.0800. The van der Waals surface area contributed by atoms with Crippen LogP contribution in [0, 0.1) is 5.92 Å². The Morgan fingerprint density at radius 1 is 1.12 bits per heavy atom. The molecular formula is C15H31NO. The zero-order chi connectivity index (χ0) is 12.7. The molecule has 1 unspecified atom stereocenters. The predicted octanol–water partition coefficient (Wildman–Crippen LogP) is 3.75. The van der Waals surface area contributed by atoms with Gasteiger partial charge in [0.25, 0.3) is 0 Å². The van der Waals surface area contributed by atoms with Crippen molar-refractivity contribution in [3.8, 4) is 0 Å². The van der Waals surface area contributed by atoms with Crippen LogP contribution in [0.25, 0.3) is 0 Å². The molecule has 0 saturated heterocycles. The smallest absolute Gasteiger partial charge is 0.0831 e. The highest BCUT2D eigenvalue weighted by Crippen LogP contribution is 2.36. The van der Waals surface area contributed by atoms with E-state index in [-0.39, 0.29) is 5.60 Å². The van der Waals surface area contributed by atoms with E-state index in [1.54, 1.807) is 0 Å². The van der Waals surface area contributed by atoms with E-state index in [0.717, 1.165) is 25.4 Å². The van der Waals surface area contributed by atoms with Gasteiger partial charge in [-0.15, -0.1) is 0 Å². The Morgan fingerprint density at radius 2 is 1.71 bits per heavy atom. The summed E-state index contributed by atoms with van der Waals surface area (Å²) in [6, 6.07) is 0.526. The fraction of sp³-hybridized carbons (Fsp3) is 1.00. The fourth-order valence-electron chi connectivity index (χ4n) is 3.67. The summed E-state index contributed by atoms with van der Waals surface area (Å²) in [4.78, 5) is 0. The average molecular weight is 241 g/mol. The number of likely N-dealkylation sites (N-methyl/N-ethyl adjacent to an activating group) is 1. The van der Waals surface area contributed by atoms with Crippen molar-refractivity contribution in [1.29, 1.82) is 0 Å². The van der Waals surface area contributed by atoms with Gasteiger partial charge in [0, 0.05) is 12.6 Å². The third-order valence-corrected chi connectivity index (χ3v) is 4.63. The van der Waals surface area contributed by atoms with Gasteiger partial charge in [-0.1, -0.05) is 33.1 Å². The standard InChI is InChI=1S/C15H31NO/c1-5-15(6-2,17-7-3)14(16-4)13-11-9-8-10-12-13/h13-14,16H,5-12H2,1-4H3. The van der Waals surface area contributed by atoms with Gasteiger partial charge in [0.2, 0.25) is 0 Å². The molecule has 1 aliphatic carbocycles. The monoisotopic (exact) mass is 241 g/mol. The van der Waals surface area contributed by atoms with Crippen LogP contribution in [0.2, 0.25) is 0 Å². The van der Waals surface area contributed by atoms with Crippen molar-refractivity contribution in [2.45, 2.75) is 77.4 Å². The lowest BCUT2D eigenvalue weighted by Gasteiger charge is -2.44. The van der Waals surface area contributed by atoms with Crippen molar-refractivity contribution < 1.29 is 4.74 Å². The second-order valence-corrected chi connectivity index (χ2v) is 5.37. The number of hydrogen-bond donors (Lipinski definition) is 1. The SMILES string of the molecule is CCOC(CC)(CC)C(NC)C1CCCCC1. The quantitative estimate of drug-likeness (QED) is 0.733. The molecule has 1 saturated carbocycles. The highest BCUT2D eigenvalue weighted by molar-refractivity contribution is 4.95. The molecule has 1 aliphatic rings. The third kappa shape index (κ3) is 3.45. The largest absolute Gasteiger partial charge is 0.374 e. The maximum absolute atomic E-state index is 6.17. The minimum absolute atomic E-state index is 0.0471. The van der Waals surface area contributed by atoms with Crippen molar-refractivity contribution in [3.05, 3.63) is 0 Å². The van der Waals surface area contributed by atoms with Crippen molar-refractivity contribution in [3.63, 3.8) is 0 Å². The van der Waals surface area contributed by atoms with Gasteiger partial charge >= 0.3 is 0 Å². The molecule has 0 aromatic rings. The Balaban J connectivity index is 2.78. The first-order chi connectivity index (χ1) is 8.24. The molecule has 2 heteroatoms. The van der Waals surface area contributed by atoms with E-state index < -0.39 is 0 Å². The summed E-state index contributed by atoms with van der Waals surface area (Å²) < 4.78 is 6.17. The molecule has 1 rings (SSSR count). The van der Waals surface area contributed by atoms with Gasteiger partial charge in [-0.25, -0.2) is 0 Å². The van der Waals surface area contributed by atoms with Crippen LogP contribution >= 0.6 is 0 Å². The van der Waals surface area contributed by atoms with Crippen LogP contribution < -0.4 is 5.32 Å². The average Bonchev–Trinajstić information content (AvgIpc) is 2.39. The first kappa shape index (κ1) is 15.0. The molecular weight excluding hydrogens is 210 g/mol. The Bertz CT molecular complexity index is 195. The van der Waals surface area contributed by atoms with Crippen LogP contribution in [0.3, 0.4) is 0 Å². The molecule has 0 heterocycles. The van der Waals surface area contributed by atoms with E-state index in [9.17, 15) is 0 Å². The van der Waals surface area contributed by atoms with E-state index in [4.69, 9.17) is 4.74 Å². The molecule has 2 nitrogen and oxygen atoms in total. The number of ether oxygens (including phenoxy) is 1. The number of nitrogens with one attached hydrogen (secondary N) is 1. The van der Waals surface area contributed by atoms with Gasteiger partial charge in [0.1, 0.15) is 0 Å². The summed E-state index contributed by atoms with van der Waals surface area (Å²) in [7, 11) is 2.11. The molecule has 1 atom stereocenters. The van der Waals surface area contributed by atoms with E-state index in [1.807, 2.05) is 0 Å². The van der Waals surface area contributed by atoms with Crippen LogP contribution in [0.1, 0.15) is 65.7 Å². The van der Waals surface area contributed by atoms with Gasteiger partial charge < -0.3 is 10.1 Å². The van der Waals surface area contributed by atoms with Crippen molar-refractivity contribution in [1.82, 2.24) is 5.32 Å². The predicted molar refractivity (Wildman–Crippen MR) is 74.4 cm³/mol. The van der Waals surface area contributed by atoms with E-state index >= 15 is 0 Å². The number of rotatable bonds is 7. The second-order valence-electron chi connectivity index (χ2n) is 5.37. The highest BCUT2D eigenvalue weighted by atomic mass is 16.5. The summed E-state index contributed by atoms with van der Waals surface area (Å²) >= 11 is 0. The van der Waals surface area contributed by atoms with E-state index in [2.05, 4.69) is 33.1 Å². The lowest BCUT2D eigenvalue weighted by molar-refractivity contribution is -0.0871. The molecule has 0 radical (unpaired) electrons. The molecule has 1 N–H and O–H groups in total. The van der Waals surface area contributed by atoms with Crippen LogP contribution in [-0.2, 0) is 4.74 Å². The summed E-state index contributed by atoms with van der Waals surface area (Å²) in [6.07, 6.45) is 9.20. The third-order valence-electron chi connectivity index (χ3n) is 4.63. The molecule has 0 spiro atoms. The zero-order valence-electron chi connectivity index (χ0n) is 12.2. The summed E-state index contributed by atoms with van der Waals surface area (Å²) in [5, 5.41) is 3.57. The van der Waals surface area contributed by atoms with E-state index in [1.165, 1.54) is 32.1 Å². The molecule has 17 heavy (non-hydrogen) atoms. The van der Waals surface area contributed by atoms with Crippen LogP contribution in [0.15, 0.2) is 0 Å². The molecule has 1 fully saturated rings. The summed E-state index contributed by atoms with van der Waals surface area (Å²) in [5.74, 6) is 0.806. The molecule has 0 aromatic carbocycles. The maximum Gasteiger partial charge on any atom is 0.0831 e. The van der Waals surface area contributed by atoms with Gasteiger partial charge in [0.15, 0.2) is 0 Å². The molecule has 102 valence electrons. The van der Waals surface area contributed by atoms with Crippen molar-refractivity contribution >= 4 is 0 Å². The molecule has 0 bridgehead atoms. The molecule has 0 aliphatic heterocycles. The van der Waals surface area contributed by atoms with Gasteiger partial charge in [-0.05, 0) is 45.6 Å². The first-order valence-electron chi connectivity index (χ1n) is 7.55. The topological polar surface area (TPSA) is 21.3 Å². The second kappa shape index (κ2) is 7.38. The van der Waals surface area contributed by atoms with Gasteiger partial charge in [0.05, 0.1) is 5.60 Å². The lowest BCUT2D eigenvalue weighted by Crippen LogP contribution is -2.55. The summed E-state index contributed by atoms with van der Waals surface area (Å²) in [5.41, 5.74) is 0.0471. The van der Waals surface area contributed by atoms with Crippen molar-refractivity contribution in [2.24, 2.45) is 5.92 Å². The van der Waals surface area contributed by atoms with Crippen LogP contribution in [0.5, 0.6) is 0 Å². The zero-order valence-corrected chi connectivity index (χ0v) is 12.2. The maximum atomic E-state index is 6.17.